The zero-order chi connectivity index (χ0) is 26.2. The van der Waals surface area contributed by atoms with Crippen LogP contribution in [0.3, 0.4) is 0 Å². The number of hydrogen-bond acceptors (Lipinski definition) is 8. The van der Waals surface area contributed by atoms with Crippen molar-refractivity contribution in [1.29, 1.82) is 0 Å². The molecule has 0 spiro atoms. The topological polar surface area (TPSA) is 115 Å². The average molecular weight is 515 g/mol. The van der Waals surface area contributed by atoms with Gasteiger partial charge in [-0.25, -0.2) is 9.59 Å². The van der Waals surface area contributed by atoms with E-state index in [-0.39, 0.29) is 12.7 Å². The van der Waals surface area contributed by atoms with E-state index in [2.05, 4.69) is 27.3 Å². The third-order valence-electron chi connectivity index (χ3n) is 7.05. The Morgan fingerprint density at radius 1 is 1.22 bits per heavy atom. The molecular weight excluding hydrogens is 476 g/mol. The van der Waals surface area contributed by atoms with Crippen LogP contribution in [0.4, 0.5) is 4.79 Å². The molecule has 1 aromatic carbocycles. The second-order valence-corrected chi connectivity index (χ2v) is 9.87. The van der Waals surface area contributed by atoms with Crippen molar-refractivity contribution >= 4 is 6.16 Å². The minimum atomic E-state index is -0.742. The molecule has 0 saturated carbocycles. The molecule has 2 unspecified atom stereocenters. The highest BCUT2D eigenvalue weighted by Gasteiger charge is 2.38. The Morgan fingerprint density at radius 3 is 2.76 bits per heavy atom. The van der Waals surface area contributed by atoms with Crippen LogP contribution in [-0.2, 0) is 20.8 Å². The van der Waals surface area contributed by atoms with Gasteiger partial charge in [0.15, 0.2) is 0 Å². The maximum absolute atomic E-state index is 12.6. The maximum atomic E-state index is 12.6. The van der Waals surface area contributed by atoms with Gasteiger partial charge in [-0.1, -0.05) is 43.7 Å². The average Bonchev–Trinajstić information content (AvgIpc) is 3.29. The first kappa shape index (κ1) is 27.1. The molecule has 10 nitrogen and oxygen atoms in total. The third kappa shape index (κ3) is 7.53. The summed E-state index contributed by atoms with van der Waals surface area (Å²) in [5.41, 5.74) is 0.643. The molecule has 0 aliphatic carbocycles. The van der Waals surface area contributed by atoms with Crippen molar-refractivity contribution in [2.24, 2.45) is 0 Å². The van der Waals surface area contributed by atoms with E-state index in [1.165, 1.54) is 29.2 Å². The molecule has 2 N–H and O–H groups in total. The van der Waals surface area contributed by atoms with Crippen LogP contribution >= 0.6 is 0 Å². The lowest BCUT2D eigenvalue weighted by Gasteiger charge is -2.30. The van der Waals surface area contributed by atoms with Crippen LogP contribution in [0, 0.1) is 6.92 Å². The molecule has 0 radical (unpaired) electrons. The Hall–Kier alpha value is -2.95. The summed E-state index contributed by atoms with van der Waals surface area (Å²) < 4.78 is 18.4. The molecule has 2 aliphatic rings. The highest BCUT2D eigenvalue weighted by atomic mass is 16.7. The van der Waals surface area contributed by atoms with E-state index in [4.69, 9.17) is 14.2 Å². The van der Waals surface area contributed by atoms with Crippen molar-refractivity contribution in [3.63, 3.8) is 0 Å². The van der Waals surface area contributed by atoms with Gasteiger partial charge in [-0.3, -0.25) is 19.2 Å². The highest BCUT2D eigenvalue weighted by Crippen LogP contribution is 2.31. The first-order chi connectivity index (χ1) is 17.9. The number of benzene rings is 1. The SMILES string of the molecule is CC[C@H]1O[C@@H](n2cc(C)c(=O)[nH]c2=O)CC1OC(=O)OCCN(Cc1ccccc1)CC1CCCCN1. The number of nitrogens with zero attached hydrogens (tertiary/aromatic N) is 2. The minimum absolute atomic E-state index is 0.213. The van der Waals surface area contributed by atoms with Gasteiger partial charge in [0.25, 0.3) is 5.56 Å². The normalized spacial score (nSPS) is 23.8. The number of aryl methyl sites for hydroxylation is 1. The van der Waals surface area contributed by atoms with Gasteiger partial charge in [0, 0.05) is 43.9 Å². The number of aromatic nitrogens is 2. The molecule has 1 aromatic heterocycles. The summed E-state index contributed by atoms with van der Waals surface area (Å²) in [4.78, 5) is 41.1. The number of rotatable bonds is 10. The van der Waals surface area contributed by atoms with Gasteiger partial charge in [-0.05, 0) is 38.3 Å². The van der Waals surface area contributed by atoms with E-state index in [0.29, 0.717) is 31.0 Å². The summed E-state index contributed by atoms with van der Waals surface area (Å²) in [6.45, 7) is 7.06. The molecule has 2 fully saturated rings. The first-order valence-corrected chi connectivity index (χ1v) is 13.2. The van der Waals surface area contributed by atoms with Gasteiger partial charge in [0.05, 0.1) is 6.10 Å². The number of ether oxygens (including phenoxy) is 3. The zero-order valence-corrected chi connectivity index (χ0v) is 21.7. The monoisotopic (exact) mass is 514 g/mol. The Labute approximate surface area is 216 Å². The molecule has 37 heavy (non-hydrogen) atoms. The highest BCUT2D eigenvalue weighted by molar-refractivity contribution is 5.60. The van der Waals surface area contributed by atoms with Crippen molar-refractivity contribution in [3.8, 4) is 0 Å². The Kier molecular flexibility index (Phi) is 9.54. The largest absolute Gasteiger partial charge is 0.508 e. The van der Waals surface area contributed by atoms with Crippen LogP contribution in [0.2, 0.25) is 0 Å². The second kappa shape index (κ2) is 13.0. The maximum Gasteiger partial charge on any atom is 0.508 e. The fraction of sp³-hybridized carbons (Fsp3) is 0.593. The minimum Gasteiger partial charge on any atom is -0.433 e. The summed E-state index contributed by atoms with van der Waals surface area (Å²) in [6.07, 6.45) is 3.67. The van der Waals surface area contributed by atoms with Crippen molar-refractivity contribution in [2.75, 3.05) is 26.2 Å². The number of nitrogens with one attached hydrogen (secondary N) is 2. The van der Waals surface area contributed by atoms with E-state index in [0.717, 1.165) is 26.1 Å². The fourth-order valence-electron chi connectivity index (χ4n) is 5.04. The number of H-pyrrole nitrogens is 1. The van der Waals surface area contributed by atoms with Crippen LogP contribution in [-0.4, -0.2) is 65.1 Å². The predicted molar refractivity (Wildman–Crippen MR) is 138 cm³/mol. The quantitative estimate of drug-likeness (QED) is 0.465. The van der Waals surface area contributed by atoms with E-state index >= 15 is 0 Å². The lowest BCUT2D eigenvalue weighted by atomic mass is 10.0. The van der Waals surface area contributed by atoms with Crippen LogP contribution < -0.4 is 16.6 Å². The molecule has 2 aliphatic heterocycles. The number of carbonyl (C=O) groups excluding carboxylic acids is 1. The van der Waals surface area contributed by atoms with Crippen LogP contribution in [0.1, 0.15) is 56.4 Å². The fourth-order valence-corrected chi connectivity index (χ4v) is 5.04. The van der Waals surface area contributed by atoms with Crippen molar-refractivity contribution in [2.45, 2.75) is 77.0 Å². The molecule has 0 amide bonds. The summed E-state index contributed by atoms with van der Waals surface area (Å²) >= 11 is 0. The number of aromatic amines is 1. The molecule has 3 heterocycles. The van der Waals surface area contributed by atoms with Gasteiger partial charge < -0.3 is 19.5 Å². The molecule has 2 saturated heterocycles. The summed E-state index contributed by atoms with van der Waals surface area (Å²) in [7, 11) is 0. The second-order valence-electron chi connectivity index (χ2n) is 9.87. The van der Waals surface area contributed by atoms with Gasteiger partial charge in [-0.15, -0.1) is 0 Å². The van der Waals surface area contributed by atoms with Crippen molar-refractivity contribution < 1.29 is 19.0 Å². The number of piperidine rings is 1. The van der Waals surface area contributed by atoms with Gasteiger partial charge in [0.1, 0.15) is 18.9 Å². The summed E-state index contributed by atoms with van der Waals surface area (Å²) in [5, 5.41) is 3.59. The molecule has 0 bridgehead atoms. The predicted octanol–water partition coefficient (Wildman–Crippen LogP) is 2.71. The smallest absolute Gasteiger partial charge is 0.433 e. The summed E-state index contributed by atoms with van der Waals surface area (Å²) in [6, 6.07) is 10.7. The van der Waals surface area contributed by atoms with Crippen LogP contribution in [0.25, 0.3) is 0 Å². The lowest BCUT2D eigenvalue weighted by molar-refractivity contribution is -0.0383. The molecule has 4 atom stereocenters. The first-order valence-electron chi connectivity index (χ1n) is 13.2. The van der Waals surface area contributed by atoms with Crippen molar-refractivity contribution in [3.05, 3.63) is 68.5 Å². The van der Waals surface area contributed by atoms with Gasteiger partial charge in [0.2, 0.25) is 0 Å². The molecule has 4 rings (SSSR count). The van der Waals surface area contributed by atoms with Gasteiger partial charge >= 0.3 is 11.8 Å². The number of carbonyl (C=O) groups is 1. The Balaban J connectivity index is 1.30. The van der Waals surface area contributed by atoms with E-state index < -0.39 is 29.7 Å². The molecule has 2 aromatic rings. The lowest BCUT2D eigenvalue weighted by Crippen LogP contribution is -2.44. The third-order valence-corrected chi connectivity index (χ3v) is 7.05. The Bertz CT molecular complexity index is 1130. The summed E-state index contributed by atoms with van der Waals surface area (Å²) in [5.74, 6) is 0. The Morgan fingerprint density at radius 2 is 2.03 bits per heavy atom. The van der Waals surface area contributed by atoms with Crippen LogP contribution in [0.5, 0.6) is 0 Å². The standard InChI is InChI=1S/C27H38N4O6/c1-3-22-23(15-24(36-22)31-16-19(2)25(32)29-26(31)33)37-27(34)35-14-13-30(17-20-9-5-4-6-10-20)18-21-11-7-8-12-28-21/h4-6,9-10,16,21-24,28H,3,7-8,11-15,17-18H2,1-2H3,(H,29,32,33)/t21?,22-,23?,24-/m1/s1. The molecule has 10 heteroatoms. The molecule has 202 valence electrons. The zero-order valence-electron chi connectivity index (χ0n) is 21.7. The van der Waals surface area contributed by atoms with E-state index in [1.807, 2.05) is 25.1 Å². The molecular formula is C27H38N4O6. The van der Waals surface area contributed by atoms with Crippen molar-refractivity contribution in [1.82, 2.24) is 19.8 Å². The van der Waals surface area contributed by atoms with E-state index in [9.17, 15) is 14.4 Å². The van der Waals surface area contributed by atoms with Gasteiger partial charge in [-0.2, -0.15) is 0 Å². The number of hydrogen-bond donors (Lipinski definition) is 2. The van der Waals surface area contributed by atoms with E-state index in [1.54, 1.807) is 6.92 Å². The van der Waals surface area contributed by atoms with Crippen LogP contribution in [0.15, 0.2) is 46.1 Å².